The fraction of sp³-hybridized carbons (Fsp3) is 0.533. The van der Waals surface area contributed by atoms with Crippen LogP contribution < -0.4 is 0 Å². The Morgan fingerprint density at radius 2 is 2.16 bits per heavy atom. The molecule has 1 aliphatic heterocycles. The maximum Gasteiger partial charge on any atom is 0.305 e. The van der Waals surface area contributed by atoms with Gasteiger partial charge in [-0.1, -0.05) is 30.4 Å². The van der Waals surface area contributed by atoms with Crippen LogP contribution in [0.3, 0.4) is 0 Å². The summed E-state index contributed by atoms with van der Waals surface area (Å²) < 4.78 is 15.7. The van der Waals surface area contributed by atoms with E-state index in [4.69, 9.17) is 9.47 Å². The van der Waals surface area contributed by atoms with Crippen molar-refractivity contribution in [2.75, 3.05) is 14.2 Å². The highest BCUT2D eigenvalue weighted by atomic mass is 16.7. The number of allylic oxidation sites excluding steroid dienone is 5. The van der Waals surface area contributed by atoms with Crippen LogP contribution in [0.2, 0.25) is 0 Å². The largest absolute Gasteiger partial charge is 0.469 e. The van der Waals surface area contributed by atoms with Crippen molar-refractivity contribution in [1.82, 2.24) is 0 Å². The van der Waals surface area contributed by atoms with Crippen molar-refractivity contribution >= 4 is 5.97 Å². The second-order valence-electron chi connectivity index (χ2n) is 4.74. The fourth-order valence-corrected chi connectivity index (χ4v) is 2.44. The molecule has 3 atom stereocenters. The van der Waals surface area contributed by atoms with Crippen molar-refractivity contribution < 1.29 is 19.0 Å². The fourth-order valence-electron chi connectivity index (χ4n) is 2.44. The summed E-state index contributed by atoms with van der Waals surface area (Å²) in [4.78, 5) is 11.2. The van der Waals surface area contributed by atoms with Gasteiger partial charge in [0, 0.05) is 25.9 Å². The molecule has 2 rings (SSSR count). The molecule has 0 aromatic heterocycles. The van der Waals surface area contributed by atoms with Crippen LogP contribution in [0.5, 0.6) is 0 Å². The predicted molar refractivity (Wildman–Crippen MR) is 71.4 cm³/mol. The molecule has 0 saturated carbocycles. The van der Waals surface area contributed by atoms with Crippen LogP contribution in [-0.2, 0) is 19.0 Å². The summed E-state index contributed by atoms with van der Waals surface area (Å²) in [5, 5.41) is 0. The summed E-state index contributed by atoms with van der Waals surface area (Å²) in [7, 11) is 3.05. The Kier molecular flexibility index (Phi) is 4.93. The lowest BCUT2D eigenvalue weighted by atomic mass is 9.95. The summed E-state index contributed by atoms with van der Waals surface area (Å²) in [6.45, 7) is 0. The summed E-state index contributed by atoms with van der Waals surface area (Å²) in [5.41, 5.74) is 1.19. The first kappa shape index (κ1) is 14.0. The standard InChI is InChI=1S/C15H20O4/c1-17-14(16)8-7-13-12(10-15(18-2)19-13)9-11-5-3-4-6-11/h3-6,9,12-13,15H,7-8,10H2,1-2H3/t12-,13-,15?/m1/s1. The second-order valence-corrected chi connectivity index (χ2v) is 4.74. The Bertz CT molecular complexity index is 394. The highest BCUT2D eigenvalue weighted by Gasteiger charge is 2.34. The zero-order valence-electron chi connectivity index (χ0n) is 11.4. The van der Waals surface area contributed by atoms with Gasteiger partial charge in [-0.2, -0.15) is 0 Å². The summed E-state index contributed by atoms with van der Waals surface area (Å²) in [5.74, 6) is 0.0773. The maximum absolute atomic E-state index is 11.2. The van der Waals surface area contributed by atoms with Crippen LogP contribution >= 0.6 is 0 Å². The van der Waals surface area contributed by atoms with Crippen molar-refractivity contribution in [2.45, 2.75) is 31.7 Å². The van der Waals surface area contributed by atoms with Crippen LogP contribution in [0, 0.1) is 5.92 Å². The highest BCUT2D eigenvalue weighted by molar-refractivity contribution is 5.69. The molecule has 4 heteroatoms. The third-order valence-electron chi connectivity index (χ3n) is 3.49. The molecule has 2 aliphatic rings. The van der Waals surface area contributed by atoms with Crippen LogP contribution in [-0.4, -0.2) is 32.6 Å². The van der Waals surface area contributed by atoms with E-state index in [1.54, 1.807) is 7.11 Å². The second kappa shape index (κ2) is 6.68. The smallest absolute Gasteiger partial charge is 0.305 e. The number of ether oxygens (including phenoxy) is 3. The molecule has 4 nitrogen and oxygen atoms in total. The minimum Gasteiger partial charge on any atom is -0.469 e. The lowest BCUT2D eigenvalue weighted by molar-refractivity contribution is -0.143. The third kappa shape index (κ3) is 3.78. The molecule has 1 heterocycles. The Hall–Kier alpha value is -1.39. The van der Waals surface area contributed by atoms with E-state index < -0.39 is 0 Å². The maximum atomic E-state index is 11.2. The van der Waals surface area contributed by atoms with Crippen LogP contribution in [0.4, 0.5) is 0 Å². The third-order valence-corrected chi connectivity index (χ3v) is 3.49. The number of carbonyl (C=O) groups is 1. The molecule has 19 heavy (non-hydrogen) atoms. The van der Waals surface area contributed by atoms with Gasteiger partial charge in [0.05, 0.1) is 13.2 Å². The van der Waals surface area contributed by atoms with Crippen molar-refractivity contribution in [1.29, 1.82) is 0 Å². The van der Waals surface area contributed by atoms with Crippen LogP contribution in [0.15, 0.2) is 36.0 Å². The van der Waals surface area contributed by atoms with Gasteiger partial charge in [-0.25, -0.2) is 0 Å². The Morgan fingerprint density at radius 3 is 2.79 bits per heavy atom. The van der Waals surface area contributed by atoms with E-state index in [2.05, 4.69) is 23.0 Å². The lowest BCUT2D eigenvalue weighted by Crippen LogP contribution is -2.17. The average Bonchev–Trinajstić information content (AvgIpc) is 3.06. The number of methoxy groups -OCH3 is 2. The predicted octanol–water partition coefficient (Wildman–Crippen LogP) is 2.37. The molecular formula is C15H20O4. The Labute approximate surface area is 113 Å². The van der Waals surface area contributed by atoms with Crippen molar-refractivity contribution in [3.05, 3.63) is 36.0 Å². The SMILES string of the molecule is COC(=O)CC[C@H]1OC(OC)C[C@H]1C=C1C=CC=C1. The van der Waals surface area contributed by atoms with E-state index in [1.807, 2.05) is 12.2 Å². The lowest BCUT2D eigenvalue weighted by Gasteiger charge is -2.15. The molecule has 0 N–H and O–H groups in total. The van der Waals surface area contributed by atoms with E-state index in [0.717, 1.165) is 6.42 Å². The molecule has 0 radical (unpaired) electrons. The van der Waals surface area contributed by atoms with Gasteiger partial charge in [-0.05, 0) is 12.0 Å². The summed E-state index contributed by atoms with van der Waals surface area (Å²) >= 11 is 0. The molecule has 0 amide bonds. The molecule has 0 aromatic rings. The minimum atomic E-state index is -0.198. The molecule has 104 valence electrons. The molecule has 1 saturated heterocycles. The quantitative estimate of drug-likeness (QED) is 0.715. The average molecular weight is 264 g/mol. The van der Waals surface area contributed by atoms with E-state index in [-0.39, 0.29) is 24.3 Å². The highest BCUT2D eigenvalue weighted by Crippen LogP contribution is 2.32. The summed E-state index contributed by atoms with van der Waals surface area (Å²) in [6.07, 6.45) is 12.1. The molecule has 1 aliphatic carbocycles. The minimum absolute atomic E-state index is 0.0129. The van der Waals surface area contributed by atoms with Gasteiger partial charge < -0.3 is 14.2 Å². The number of carbonyl (C=O) groups excluding carboxylic acids is 1. The Morgan fingerprint density at radius 1 is 1.42 bits per heavy atom. The first-order valence-electron chi connectivity index (χ1n) is 6.54. The molecule has 0 bridgehead atoms. The summed E-state index contributed by atoms with van der Waals surface area (Å²) in [6, 6.07) is 0. The van der Waals surface area contributed by atoms with Gasteiger partial charge in [0.1, 0.15) is 0 Å². The van der Waals surface area contributed by atoms with Gasteiger partial charge in [-0.3, -0.25) is 4.79 Å². The Balaban J connectivity index is 1.97. The van der Waals surface area contributed by atoms with Crippen LogP contribution in [0.1, 0.15) is 19.3 Å². The van der Waals surface area contributed by atoms with E-state index in [1.165, 1.54) is 12.7 Å². The molecule has 1 unspecified atom stereocenters. The number of rotatable bonds is 5. The van der Waals surface area contributed by atoms with Gasteiger partial charge in [0.15, 0.2) is 6.29 Å². The normalized spacial score (nSPS) is 28.9. The van der Waals surface area contributed by atoms with Crippen molar-refractivity contribution in [3.8, 4) is 0 Å². The van der Waals surface area contributed by atoms with Gasteiger partial charge in [-0.15, -0.1) is 0 Å². The van der Waals surface area contributed by atoms with Gasteiger partial charge >= 0.3 is 5.97 Å². The van der Waals surface area contributed by atoms with Crippen LogP contribution in [0.25, 0.3) is 0 Å². The van der Waals surface area contributed by atoms with E-state index in [0.29, 0.717) is 12.8 Å². The monoisotopic (exact) mass is 264 g/mol. The molecule has 1 fully saturated rings. The first-order valence-corrected chi connectivity index (χ1v) is 6.54. The van der Waals surface area contributed by atoms with Gasteiger partial charge in [0.25, 0.3) is 0 Å². The number of hydrogen-bond acceptors (Lipinski definition) is 4. The van der Waals surface area contributed by atoms with Crippen molar-refractivity contribution in [2.24, 2.45) is 5.92 Å². The molecular weight excluding hydrogens is 244 g/mol. The molecule has 0 aromatic carbocycles. The van der Waals surface area contributed by atoms with Gasteiger partial charge in [0.2, 0.25) is 0 Å². The zero-order chi connectivity index (χ0) is 13.7. The number of hydrogen-bond donors (Lipinski definition) is 0. The first-order chi connectivity index (χ1) is 9.22. The number of esters is 1. The molecule has 0 spiro atoms. The van der Waals surface area contributed by atoms with E-state index >= 15 is 0 Å². The van der Waals surface area contributed by atoms with E-state index in [9.17, 15) is 4.79 Å². The van der Waals surface area contributed by atoms with Crippen molar-refractivity contribution in [3.63, 3.8) is 0 Å². The zero-order valence-corrected chi connectivity index (χ0v) is 11.4. The topological polar surface area (TPSA) is 44.8 Å².